The first kappa shape index (κ1) is 45.0. The summed E-state index contributed by atoms with van der Waals surface area (Å²) in [5.41, 5.74) is 5.38. The van der Waals surface area contributed by atoms with E-state index in [0.29, 0.717) is 19.6 Å². The first-order valence-corrected chi connectivity index (χ1v) is 21.9. The van der Waals surface area contributed by atoms with Crippen LogP contribution in [-0.4, -0.2) is 82.5 Å². The molecule has 6 bridgehead atoms. The summed E-state index contributed by atoms with van der Waals surface area (Å²) < 4.78 is 14.6. The number of carboxylic acid groups (broad SMARTS) is 1. The Kier molecular flexibility index (Phi) is 12.3. The minimum atomic E-state index is -0.797. The number of carboxylic acids is 1. The number of carbonyl (C=O) groups is 3. The summed E-state index contributed by atoms with van der Waals surface area (Å²) >= 11 is 1.70. The zero-order chi connectivity index (χ0) is 42.1. The Labute approximate surface area is 376 Å². The standard InChI is InChI=1S/C16H17N3O2.C16H19NO2S.C14H13N3O2.Li.H2O/c1-3-21-15(20)16(2)8-12-10-6-4-5-7-11(10)13(16)19-9-17-18-14(12)19;1-4-19-15(18)16(2)9-12-10-7-5-6-8-11(10)13(16)17-14(12)20-3;1-14(13(18)19)6-10-8-4-2-3-5-9(8)11(14)17-7-15-16-12(10)17;;/h4-7,9,12-13H,3,8H2,1-2H3;5-8,12-13H,4,9H2,1-3H3;2-5,7,10-11H,6H2,1H3,(H,18,19);;1H2/q;;;+1;/p-1. The predicted molar refractivity (Wildman–Crippen MR) is 227 cm³/mol. The number of aromatic nitrogens is 6. The molecular weight excluding hydrogens is 802 g/mol. The Morgan fingerprint density at radius 1 is 0.661 bits per heavy atom. The van der Waals surface area contributed by atoms with Crippen LogP contribution in [0.5, 0.6) is 0 Å². The van der Waals surface area contributed by atoms with E-state index in [2.05, 4.69) is 63.0 Å². The van der Waals surface area contributed by atoms with Crippen LogP contribution in [0.3, 0.4) is 0 Å². The maximum atomic E-state index is 12.6. The second-order valence-corrected chi connectivity index (χ2v) is 18.1. The largest absolute Gasteiger partial charge is 1.00 e. The number of nitrogens with zero attached hydrogens (tertiary/aromatic N) is 7. The molecule has 2 aromatic heterocycles. The average Bonchev–Trinajstić information content (AvgIpc) is 3.97. The van der Waals surface area contributed by atoms with Crippen LogP contribution in [0.15, 0.2) is 90.4 Å². The molecule has 16 heteroatoms. The van der Waals surface area contributed by atoms with Gasteiger partial charge in [-0.3, -0.25) is 19.4 Å². The van der Waals surface area contributed by atoms with Crippen LogP contribution in [0.1, 0.15) is 135 Å². The van der Waals surface area contributed by atoms with Gasteiger partial charge in [0.1, 0.15) is 24.3 Å². The molecule has 9 atom stereocenters. The van der Waals surface area contributed by atoms with Crippen molar-refractivity contribution in [3.63, 3.8) is 0 Å². The van der Waals surface area contributed by atoms with Crippen LogP contribution in [0.2, 0.25) is 0 Å². The van der Waals surface area contributed by atoms with Gasteiger partial charge >= 0.3 is 36.8 Å². The monoisotopic (exact) mass is 851 g/mol. The van der Waals surface area contributed by atoms with Crippen molar-refractivity contribution in [2.45, 2.75) is 89.8 Å². The number of esters is 2. The number of carbonyl (C=O) groups excluding carboxylic acids is 2. The summed E-state index contributed by atoms with van der Waals surface area (Å²) in [6.07, 6.45) is 7.56. The summed E-state index contributed by atoms with van der Waals surface area (Å²) in [5, 5.41) is 27.3. The molecular formula is C46H50LiN7O7S. The van der Waals surface area contributed by atoms with Crippen molar-refractivity contribution < 1.29 is 53.3 Å². The van der Waals surface area contributed by atoms with Crippen molar-refractivity contribution in [3.05, 3.63) is 130 Å². The SMILES string of the molecule is CC1(C(=O)O)CC2c3ccccc3C1n1cnnc12.CCOC(=O)C1(C)CC2C(SC)=NC1c1ccccc12.CCOC(=O)C1(C)CC2c3ccccc3C1n1cnnc12.[Li+].[OH-]. The van der Waals surface area contributed by atoms with Crippen molar-refractivity contribution in [2.75, 3.05) is 19.5 Å². The molecule has 2 N–H and O–H groups in total. The van der Waals surface area contributed by atoms with Crippen molar-refractivity contribution in [3.8, 4) is 0 Å². The van der Waals surface area contributed by atoms with Crippen LogP contribution < -0.4 is 18.9 Å². The third kappa shape index (κ3) is 6.66. The Balaban J connectivity index is 0.000000138. The van der Waals surface area contributed by atoms with E-state index in [0.717, 1.165) is 35.1 Å². The molecule has 5 aromatic rings. The average molecular weight is 852 g/mol. The number of aliphatic carboxylic acids is 1. The number of benzene rings is 3. The molecule has 9 unspecified atom stereocenters. The van der Waals surface area contributed by atoms with Gasteiger partial charge < -0.3 is 29.2 Å². The quantitative estimate of drug-likeness (QED) is 0.193. The van der Waals surface area contributed by atoms with E-state index >= 15 is 0 Å². The van der Waals surface area contributed by atoms with Crippen LogP contribution in [0.25, 0.3) is 0 Å². The van der Waals surface area contributed by atoms with Crippen molar-refractivity contribution in [1.82, 2.24) is 29.5 Å². The van der Waals surface area contributed by atoms with Crippen LogP contribution in [0.4, 0.5) is 0 Å². The maximum Gasteiger partial charge on any atom is 1.00 e. The van der Waals surface area contributed by atoms with Crippen molar-refractivity contribution in [1.29, 1.82) is 0 Å². The Morgan fingerprint density at radius 2 is 1.06 bits per heavy atom. The van der Waals surface area contributed by atoms with Crippen LogP contribution in [-0.2, 0) is 23.9 Å². The van der Waals surface area contributed by atoms with E-state index in [1.807, 2.05) is 80.2 Å². The molecule has 0 fully saturated rings. The molecule has 0 amide bonds. The summed E-state index contributed by atoms with van der Waals surface area (Å²) in [6, 6.07) is 24.3. The van der Waals surface area contributed by atoms with Crippen molar-refractivity contribution >= 4 is 34.7 Å². The van der Waals surface area contributed by atoms with E-state index in [4.69, 9.17) is 14.5 Å². The molecule has 8 heterocycles. The fraction of sp³-hybridized carbons (Fsp3) is 0.435. The second-order valence-electron chi connectivity index (χ2n) is 17.2. The molecule has 9 aliphatic rings. The van der Waals surface area contributed by atoms with Crippen LogP contribution >= 0.6 is 11.8 Å². The molecule has 14 rings (SSSR count). The Hall–Kier alpha value is -5.07. The molecule has 3 aromatic carbocycles. The number of thioether (sulfide) groups is 1. The van der Waals surface area contributed by atoms with Gasteiger partial charge in [0.2, 0.25) is 0 Å². The zero-order valence-electron chi connectivity index (χ0n) is 36.1. The van der Waals surface area contributed by atoms with Gasteiger partial charge in [-0.25, -0.2) is 0 Å². The topological polar surface area (TPSA) is 194 Å². The Morgan fingerprint density at radius 3 is 1.53 bits per heavy atom. The third-order valence-electron chi connectivity index (χ3n) is 13.8. The maximum absolute atomic E-state index is 12.6. The van der Waals surface area contributed by atoms with Gasteiger partial charge in [0, 0.05) is 17.8 Å². The smallest absolute Gasteiger partial charge is 0.870 e. The summed E-state index contributed by atoms with van der Waals surface area (Å²) in [7, 11) is 0. The molecule has 0 saturated heterocycles. The molecule has 62 heavy (non-hydrogen) atoms. The summed E-state index contributed by atoms with van der Waals surface area (Å²) in [5.74, 6) is 1.23. The van der Waals surface area contributed by atoms with E-state index < -0.39 is 22.2 Å². The van der Waals surface area contributed by atoms with Gasteiger partial charge in [-0.05, 0) is 93.5 Å². The van der Waals surface area contributed by atoms with E-state index in [-0.39, 0.29) is 72.2 Å². The molecule has 318 valence electrons. The zero-order valence-corrected chi connectivity index (χ0v) is 36.9. The summed E-state index contributed by atoms with van der Waals surface area (Å²) in [4.78, 5) is 41.6. The Bertz CT molecular complexity index is 2560. The van der Waals surface area contributed by atoms with Gasteiger partial charge in [-0.2, -0.15) is 0 Å². The van der Waals surface area contributed by atoms with Gasteiger partial charge in [0.05, 0.1) is 52.6 Å². The fourth-order valence-corrected chi connectivity index (χ4v) is 11.7. The normalized spacial score (nSPS) is 29.1. The number of hydrogen-bond donors (Lipinski definition) is 1. The molecule has 6 aliphatic heterocycles. The summed E-state index contributed by atoms with van der Waals surface area (Å²) in [6.45, 7) is 10.4. The fourth-order valence-electron chi connectivity index (χ4n) is 11.0. The molecule has 14 nitrogen and oxygen atoms in total. The minimum absolute atomic E-state index is 0. The van der Waals surface area contributed by atoms with E-state index in [1.54, 1.807) is 24.4 Å². The first-order valence-electron chi connectivity index (χ1n) is 20.7. The van der Waals surface area contributed by atoms with Gasteiger partial charge in [-0.1, -0.05) is 72.8 Å². The molecule has 3 aliphatic carbocycles. The number of aliphatic imine (C=N–C) groups is 1. The van der Waals surface area contributed by atoms with Crippen LogP contribution in [0, 0.1) is 16.2 Å². The second kappa shape index (κ2) is 16.9. The number of hydrogen-bond acceptors (Lipinski definition) is 12. The number of rotatable bonds is 5. The number of fused-ring (bicyclic) bond motifs is 3. The van der Waals surface area contributed by atoms with E-state index in [1.165, 1.54) is 27.8 Å². The molecule has 0 radical (unpaired) electrons. The van der Waals surface area contributed by atoms with Gasteiger partial charge in [-0.15, -0.1) is 32.2 Å². The first-order chi connectivity index (χ1) is 28.9. The molecule has 0 saturated carbocycles. The third-order valence-corrected chi connectivity index (χ3v) is 14.6. The number of ether oxygens (including phenoxy) is 2. The van der Waals surface area contributed by atoms with Gasteiger partial charge in [0.15, 0.2) is 0 Å². The van der Waals surface area contributed by atoms with Crippen molar-refractivity contribution in [2.24, 2.45) is 21.2 Å². The molecule has 0 spiro atoms. The van der Waals surface area contributed by atoms with E-state index in [9.17, 15) is 19.5 Å². The van der Waals surface area contributed by atoms with Gasteiger partial charge in [0.25, 0.3) is 0 Å². The predicted octanol–water partition coefficient (Wildman–Crippen LogP) is 4.48. The minimum Gasteiger partial charge on any atom is -0.870 e.